The lowest BCUT2D eigenvalue weighted by atomic mass is 9.80. The fourth-order valence-corrected chi connectivity index (χ4v) is 1.92. The SMILES string of the molecule is Cc1noc(C)c1C(C)(C)CC(=O)O. The Balaban J connectivity index is 3.08. The molecule has 1 heterocycles. The van der Waals surface area contributed by atoms with Crippen molar-refractivity contribution in [3.05, 3.63) is 17.0 Å². The van der Waals surface area contributed by atoms with Gasteiger partial charge < -0.3 is 9.63 Å². The van der Waals surface area contributed by atoms with Crippen molar-refractivity contribution < 1.29 is 14.4 Å². The molecule has 0 fully saturated rings. The van der Waals surface area contributed by atoms with E-state index in [9.17, 15) is 4.79 Å². The second-order valence-electron chi connectivity index (χ2n) is 4.15. The number of nitrogens with zero attached hydrogens (tertiary/aromatic N) is 1. The van der Waals surface area contributed by atoms with Gasteiger partial charge in [0.15, 0.2) is 0 Å². The van der Waals surface area contributed by atoms with Gasteiger partial charge in [0.05, 0.1) is 12.1 Å². The van der Waals surface area contributed by atoms with Crippen molar-refractivity contribution >= 4 is 5.97 Å². The van der Waals surface area contributed by atoms with Crippen molar-refractivity contribution in [1.82, 2.24) is 5.16 Å². The molecule has 0 radical (unpaired) electrons. The Hall–Kier alpha value is -1.32. The molecule has 0 aliphatic carbocycles. The fraction of sp³-hybridized carbons (Fsp3) is 0.600. The van der Waals surface area contributed by atoms with E-state index in [0.29, 0.717) is 5.76 Å². The van der Waals surface area contributed by atoms with E-state index in [0.717, 1.165) is 11.3 Å². The predicted octanol–water partition coefficient (Wildman–Crippen LogP) is 2.04. The van der Waals surface area contributed by atoms with Crippen LogP contribution >= 0.6 is 0 Å². The van der Waals surface area contributed by atoms with E-state index in [2.05, 4.69) is 5.16 Å². The van der Waals surface area contributed by atoms with Crippen molar-refractivity contribution in [3.8, 4) is 0 Å². The Kier molecular flexibility index (Phi) is 2.64. The molecule has 4 heteroatoms. The van der Waals surface area contributed by atoms with Crippen LogP contribution < -0.4 is 0 Å². The summed E-state index contributed by atoms with van der Waals surface area (Å²) in [6, 6.07) is 0. The summed E-state index contributed by atoms with van der Waals surface area (Å²) in [6.45, 7) is 7.40. The number of carboxylic acids is 1. The molecule has 1 rings (SSSR count). The summed E-state index contributed by atoms with van der Waals surface area (Å²) >= 11 is 0. The molecule has 0 atom stereocenters. The molecule has 0 bridgehead atoms. The van der Waals surface area contributed by atoms with Crippen LogP contribution in [0.1, 0.15) is 37.3 Å². The average molecular weight is 197 g/mol. The van der Waals surface area contributed by atoms with E-state index in [1.807, 2.05) is 20.8 Å². The zero-order chi connectivity index (χ0) is 10.9. The number of hydrogen-bond acceptors (Lipinski definition) is 3. The second-order valence-corrected chi connectivity index (χ2v) is 4.15. The lowest BCUT2D eigenvalue weighted by Gasteiger charge is -2.22. The molecular formula is C10H15NO3. The highest BCUT2D eigenvalue weighted by Crippen LogP contribution is 2.31. The molecular weight excluding hydrogens is 182 g/mol. The number of hydrogen-bond donors (Lipinski definition) is 1. The average Bonchev–Trinajstić information content (AvgIpc) is 2.27. The molecule has 78 valence electrons. The lowest BCUT2D eigenvalue weighted by Crippen LogP contribution is -2.23. The highest BCUT2D eigenvalue weighted by atomic mass is 16.5. The van der Waals surface area contributed by atoms with E-state index in [1.54, 1.807) is 6.92 Å². The van der Waals surface area contributed by atoms with Gasteiger partial charge in [0.2, 0.25) is 0 Å². The number of aromatic nitrogens is 1. The summed E-state index contributed by atoms with van der Waals surface area (Å²) in [6.07, 6.45) is 0.0793. The number of aryl methyl sites for hydroxylation is 2. The second kappa shape index (κ2) is 3.44. The van der Waals surface area contributed by atoms with Crippen molar-refractivity contribution in [2.24, 2.45) is 0 Å². The van der Waals surface area contributed by atoms with Crippen LogP contribution in [0.25, 0.3) is 0 Å². The van der Waals surface area contributed by atoms with Crippen molar-refractivity contribution in [1.29, 1.82) is 0 Å². The molecule has 0 aliphatic heterocycles. The maximum absolute atomic E-state index is 10.7. The van der Waals surface area contributed by atoms with Gasteiger partial charge in [-0.3, -0.25) is 4.79 Å². The first-order valence-electron chi connectivity index (χ1n) is 4.50. The summed E-state index contributed by atoms with van der Waals surface area (Å²) in [5.41, 5.74) is 1.24. The fourth-order valence-electron chi connectivity index (χ4n) is 1.92. The molecule has 0 saturated heterocycles. The monoisotopic (exact) mass is 197 g/mol. The molecule has 0 aliphatic rings. The Morgan fingerprint density at radius 2 is 2.07 bits per heavy atom. The van der Waals surface area contributed by atoms with E-state index >= 15 is 0 Å². The zero-order valence-corrected chi connectivity index (χ0v) is 8.92. The van der Waals surface area contributed by atoms with Gasteiger partial charge in [0.1, 0.15) is 5.76 Å². The van der Waals surface area contributed by atoms with E-state index in [-0.39, 0.29) is 6.42 Å². The summed E-state index contributed by atoms with van der Waals surface area (Å²) in [4.78, 5) is 10.7. The van der Waals surface area contributed by atoms with Crippen LogP contribution in [0.15, 0.2) is 4.52 Å². The van der Waals surface area contributed by atoms with Crippen molar-refractivity contribution in [2.75, 3.05) is 0 Å². The van der Waals surface area contributed by atoms with Crippen LogP contribution in [0.4, 0.5) is 0 Å². The highest BCUT2D eigenvalue weighted by Gasteiger charge is 2.30. The topological polar surface area (TPSA) is 63.3 Å². The summed E-state index contributed by atoms with van der Waals surface area (Å²) in [7, 11) is 0. The van der Waals surface area contributed by atoms with Crippen LogP contribution in [0.3, 0.4) is 0 Å². The maximum Gasteiger partial charge on any atom is 0.304 e. The molecule has 0 amide bonds. The molecule has 1 N–H and O–H groups in total. The van der Waals surface area contributed by atoms with Crippen molar-refractivity contribution in [3.63, 3.8) is 0 Å². The Morgan fingerprint density at radius 1 is 1.50 bits per heavy atom. The highest BCUT2D eigenvalue weighted by molar-refractivity contribution is 5.69. The number of rotatable bonds is 3. The third kappa shape index (κ3) is 1.95. The normalized spacial score (nSPS) is 11.7. The lowest BCUT2D eigenvalue weighted by molar-refractivity contribution is -0.138. The van der Waals surface area contributed by atoms with Gasteiger partial charge in [0.25, 0.3) is 0 Å². The first kappa shape index (κ1) is 10.8. The van der Waals surface area contributed by atoms with Crippen LogP contribution in [0.2, 0.25) is 0 Å². The van der Waals surface area contributed by atoms with E-state index in [4.69, 9.17) is 9.63 Å². The third-order valence-electron chi connectivity index (χ3n) is 2.30. The zero-order valence-electron chi connectivity index (χ0n) is 8.92. The van der Waals surface area contributed by atoms with Gasteiger partial charge in [-0.15, -0.1) is 0 Å². The predicted molar refractivity (Wildman–Crippen MR) is 51.3 cm³/mol. The first-order chi connectivity index (χ1) is 6.34. The molecule has 0 unspecified atom stereocenters. The number of carbonyl (C=O) groups is 1. The van der Waals surface area contributed by atoms with Gasteiger partial charge in [-0.1, -0.05) is 19.0 Å². The summed E-state index contributed by atoms with van der Waals surface area (Å²) < 4.78 is 5.02. The Morgan fingerprint density at radius 3 is 2.43 bits per heavy atom. The van der Waals surface area contributed by atoms with Crippen molar-refractivity contribution in [2.45, 2.75) is 39.5 Å². The van der Waals surface area contributed by atoms with E-state index < -0.39 is 11.4 Å². The van der Waals surface area contributed by atoms with Gasteiger partial charge in [0, 0.05) is 11.0 Å². The molecule has 1 aromatic rings. The van der Waals surface area contributed by atoms with Gasteiger partial charge >= 0.3 is 5.97 Å². The number of carboxylic acid groups (broad SMARTS) is 1. The molecule has 0 saturated carbocycles. The number of aliphatic carboxylic acids is 1. The van der Waals surface area contributed by atoms with Crippen LogP contribution in [0, 0.1) is 13.8 Å². The molecule has 1 aromatic heterocycles. The van der Waals surface area contributed by atoms with Gasteiger partial charge in [-0.05, 0) is 13.8 Å². The first-order valence-corrected chi connectivity index (χ1v) is 4.50. The molecule has 14 heavy (non-hydrogen) atoms. The van der Waals surface area contributed by atoms with Crippen LogP contribution in [0.5, 0.6) is 0 Å². The van der Waals surface area contributed by atoms with Gasteiger partial charge in [-0.25, -0.2) is 0 Å². The Bertz CT molecular complexity index is 333. The minimum atomic E-state index is -0.810. The van der Waals surface area contributed by atoms with Gasteiger partial charge in [-0.2, -0.15) is 0 Å². The third-order valence-corrected chi connectivity index (χ3v) is 2.30. The summed E-state index contributed by atoms with van der Waals surface area (Å²) in [5.74, 6) is -0.108. The quantitative estimate of drug-likeness (QED) is 0.805. The smallest absolute Gasteiger partial charge is 0.304 e. The summed E-state index contributed by atoms with van der Waals surface area (Å²) in [5, 5.41) is 12.6. The molecule has 4 nitrogen and oxygen atoms in total. The standard InChI is InChI=1S/C10H15NO3/c1-6-9(7(2)14-11-6)10(3,4)5-8(12)13/h5H2,1-4H3,(H,12,13). The Labute approximate surface area is 82.9 Å². The minimum Gasteiger partial charge on any atom is -0.481 e. The molecule has 0 aromatic carbocycles. The van der Waals surface area contributed by atoms with Crippen LogP contribution in [-0.2, 0) is 10.2 Å². The maximum atomic E-state index is 10.7. The minimum absolute atomic E-state index is 0.0793. The van der Waals surface area contributed by atoms with Crippen LogP contribution in [-0.4, -0.2) is 16.2 Å². The largest absolute Gasteiger partial charge is 0.481 e. The molecule has 0 spiro atoms. The van der Waals surface area contributed by atoms with E-state index in [1.165, 1.54) is 0 Å².